The van der Waals surface area contributed by atoms with Crippen LogP contribution < -0.4 is 16.2 Å². The molecule has 2 aromatic rings. The third-order valence-electron chi connectivity index (χ3n) is 6.37. The zero-order valence-electron chi connectivity index (χ0n) is 22.5. The number of esters is 2. The first-order valence-corrected chi connectivity index (χ1v) is 12.5. The molecule has 4 atom stereocenters. The molecular formula is C25H31N5O10. The van der Waals surface area contributed by atoms with Gasteiger partial charge < -0.3 is 39.0 Å². The molecule has 216 valence electrons. The highest BCUT2D eigenvalue weighted by Gasteiger charge is 2.56. The third-order valence-corrected chi connectivity index (χ3v) is 6.37. The van der Waals surface area contributed by atoms with Gasteiger partial charge in [0, 0.05) is 17.6 Å². The van der Waals surface area contributed by atoms with Crippen LogP contribution in [0.3, 0.4) is 0 Å². The predicted octanol–water partition coefficient (Wildman–Crippen LogP) is 1.40. The maximum Gasteiger partial charge on any atom is 0.414 e. The summed E-state index contributed by atoms with van der Waals surface area (Å²) in [6.07, 6.45) is -1.76. The van der Waals surface area contributed by atoms with Crippen LogP contribution in [0.15, 0.2) is 22.1 Å². The number of aliphatic imine (C=N–C) groups is 1. The molecular weight excluding hydrogens is 530 g/mol. The van der Waals surface area contributed by atoms with Crippen LogP contribution >= 0.6 is 0 Å². The van der Waals surface area contributed by atoms with Crippen LogP contribution in [0.2, 0.25) is 0 Å². The average Bonchev–Trinajstić information content (AvgIpc) is 3.33. The van der Waals surface area contributed by atoms with E-state index in [0.29, 0.717) is 5.39 Å². The van der Waals surface area contributed by atoms with Gasteiger partial charge in [-0.25, -0.2) is 9.79 Å². The molecule has 0 aromatic carbocycles. The SMILES string of the molecule is CC(C)C(=O)OCOC(=O)Nc1cc(=O)nc2c3c(n([C@@H]4O[C@H](CO)[C@@H](OC(=O)C(C)C)[C@@]4(C)O)cc13)N=CN2. The van der Waals surface area contributed by atoms with Crippen molar-refractivity contribution in [2.45, 2.75) is 58.7 Å². The number of carbonyl (C=O) groups excluding carboxylic acids is 3. The number of aromatic nitrogens is 2. The lowest BCUT2D eigenvalue weighted by molar-refractivity contribution is -0.167. The predicted molar refractivity (Wildman–Crippen MR) is 140 cm³/mol. The van der Waals surface area contributed by atoms with Crippen LogP contribution in [-0.4, -0.2) is 75.3 Å². The highest BCUT2D eigenvalue weighted by molar-refractivity contribution is 6.12. The van der Waals surface area contributed by atoms with Crippen LogP contribution in [-0.2, 0) is 28.5 Å². The fourth-order valence-electron chi connectivity index (χ4n) is 4.31. The molecule has 0 radical (unpaired) electrons. The molecule has 2 aromatic heterocycles. The van der Waals surface area contributed by atoms with E-state index in [0.717, 1.165) is 6.07 Å². The molecule has 4 N–H and O–H groups in total. The number of aliphatic hydroxyl groups excluding tert-OH is 1. The molecule has 4 rings (SSSR count). The van der Waals surface area contributed by atoms with E-state index in [1.807, 2.05) is 0 Å². The van der Waals surface area contributed by atoms with Crippen LogP contribution in [0.4, 0.5) is 22.1 Å². The quantitative estimate of drug-likeness (QED) is 0.267. The maximum atomic E-state index is 12.5. The number of nitrogens with zero attached hydrogens (tertiary/aromatic N) is 3. The number of hydrogen-bond acceptors (Lipinski definition) is 13. The molecule has 2 aliphatic rings. The monoisotopic (exact) mass is 561 g/mol. The third kappa shape index (κ3) is 5.48. The molecule has 4 heterocycles. The fraction of sp³-hybridized carbons (Fsp3) is 0.520. The van der Waals surface area contributed by atoms with Crippen molar-refractivity contribution in [3.05, 3.63) is 22.6 Å². The minimum Gasteiger partial charge on any atom is -0.456 e. The van der Waals surface area contributed by atoms with E-state index in [-0.39, 0.29) is 22.7 Å². The average molecular weight is 562 g/mol. The first kappa shape index (κ1) is 28.9. The number of ether oxygens (including phenoxy) is 4. The normalized spacial score (nSPS) is 23.3. The Labute approximate surface area is 228 Å². The Balaban J connectivity index is 1.73. The number of nitrogens with one attached hydrogen (secondary N) is 2. The van der Waals surface area contributed by atoms with Gasteiger partial charge in [-0.05, 0) is 6.92 Å². The fourth-order valence-corrected chi connectivity index (χ4v) is 4.31. The van der Waals surface area contributed by atoms with Crippen molar-refractivity contribution >= 4 is 52.5 Å². The Morgan fingerprint density at radius 1 is 1.20 bits per heavy atom. The van der Waals surface area contributed by atoms with Crippen molar-refractivity contribution in [2.24, 2.45) is 16.8 Å². The number of rotatable bonds is 8. The molecule has 0 aliphatic carbocycles. The lowest BCUT2D eigenvalue weighted by atomic mass is 9.96. The van der Waals surface area contributed by atoms with E-state index in [1.54, 1.807) is 27.7 Å². The Morgan fingerprint density at radius 3 is 2.55 bits per heavy atom. The molecule has 0 saturated carbocycles. The molecule has 0 bridgehead atoms. The number of carbonyl (C=O) groups is 3. The van der Waals surface area contributed by atoms with Crippen molar-refractivity contribution in [2.75, 3.05) is 24.0 Å². The first-order valence-electron chi connectivity index (χ1n) is 12.5. The molecule has 40 heavy (non-hydrogen) atoms. The Bertz CT molecular complexity index is 1420. The van der Waals surface area contributed by atoms with Crippen molar-refractivity contribution in [3.8, 4) is 0 Å². The summed E-state index contributed by atoms with van der Waals surface area (Å²) in [6.45, 7) is 6.72. The molecule has 15 nitrogen and oxygen atoms in total. The van der Waals surface area contributed by atoms with Crippen molar-refractivity contribution in [1.29, 1.82) is 0 Å². The summed E-state index contributed by atoms with van der Waals surface area (Å²) in [7, 11) is 0. The Morgan fingerprint density at radius 2 is 1.90 bits per heavy atom. The van der Waals surface area contributed by atoms with E-state index < -0.39 is 72.9 Å². The van der Waals surface area contributed by atoms with Gasteiger partial charge in [0.1, 0.15) is 23.3 Å². The number of aliphatic hydroxyl groups is 2. The molecule has 15 heteroatoms. The zero-order chi connectivity index (χ0) is 29.4. The van der Waals surface area contributed by atoms with Gasteiger partial charge in [-0.2, -0.15) is 4.98 Å². The van der Waals surface area contributed by atoms with Crippen molar-refractivity contribution < 1.29 is 43.5 Å². The minimum absolute atomic E-state index is 0.0167. The van der Waals surface area contributed by atoms with Crippen LogP contribution in [0.25, 0.3) is 10.8 Å². The van der Waals surface area contributed by atoms with Gasteiger partial charge >= 0.3 is 18.0 Å². The van der Waals surface area contributed by atoms with Crippen LogP contribution in [0.1, 0.15) is 40.8 Å². The van der Waals surface area contributed by atoms with Gasteiger partial charge in [-0.3, -0.25) is 19.7 Å². The first-order chi connectivity index (χ1) is 18.8. The van der Waals surface area contributed by atoms with Gasteiger partial charge in [0.15, 0.2) is 12.3 Å². The lowest BCUT2D eigenvalue weighted by Crippen LogP contribution is -2.47. The smallest absolute Gasteiger partial charge is 0.414 e. The van der Waals surface area contributed by atoms with Crippen LogP contribution in [0, 0.1) is 11.8 Å². The van der Waals surface area contributed by atoms with Crippen molar-refractivity contribution in [3.63, 3.8) is 0 Å². The standard InChI is InChI=1S/C25H31N5O10/c1-11(2)21(33)37-10-38-24(35)28-14-6-16(32)29-19-17-13(14)7-30(20(17)27-9-26-19)23-25(5,36)18(15(8-31)39-23)40-22(34)12(3)4/h6-7,9,11-12,15,18,23,31,36H,8,10H2,1-5H3,(H,28,35)(H,26,27,29,32)/t15-,18-,23-,25-/m1/s1. The number of anilines is 2. The summed E-state index contributed by atoms with van der Waals surface area (Å²) in [5.74, 6) is -1.73. The van der Waals surface area contributed by atoms with E-state index in [1.165, 1.54) is 24.0 Å². The second-order valence-corrected chi connectivity index (χ2v) is 10.1. The van der Waals surface area contributed by atoms with E-state index >= 15 is 0 Å². The second-order valence-electron chi connectivity index (χ2n) is 10.1. The summed E-state index contributed by atoms with van der Waals surface area (Å²) < 4.78 is 22.7. The summed E-state index contributed by atoms with van der Waals surface area (Å²) in [4.78, 5) is 57.3. The van der Waals surface area contributed by atoms with Gasteiger partial charge in [-0.1, -0.05) is 27.7 Å². The summed E-state index contributed by atoms with van der Waals surface area (Å²) in [5, 5.41) is 27.3. The Kier molecular flexibility index (Phi) is 8.09. The molecule has 0 unspecified atom stereocenters. The summed E-state index contributed by atoms with van der Waals surface area (Å²) >= 11 is 0. The highest BCUT2D eigenvalue weighted by atomic mass is 16.7. The molecule has 1 fully saturated rings. The largest absolute Gasteiger partial charge is 0.456 e. The van der Waals surface area contributed by atoms with E-state index in [9.17, 15) is 29.4 Å². The maximum absolute atomic E-state index is 12.5. The Hall–Kier alpha value is -4.08. The van der Waals surface area contributed by atoms with Gasteiger partial charge in [0.2, 0.25) is 6.79 Å². The summed E-state index contributed by atoms with van der Waals surface area (Å²) in [6, 6.07) is 1.06. The van der Waals surface area contributed by atoms with Gasteiger partial charge in [-0.15, -0.1) is 0 Å². The van der Waals surface area contributed by atoms with Gasteiger partial charge in [0.05, 0.1) is 35.9 Å². The van der Waals surface area contributed by atoms with Crippen LogP contribution in [0.5, 0.6) is 0 Å². The number of hydrogen-bond donors (Lipinski definition) is 4. The molecule has 1 saturated heterocycles. The minimum atomic E-state index is -1.84. The number of amides is 1. The molecule has 1 amide bonds. The van der Waals surface area contributed by atoms with E-state index in [4.69, 9.17) is 18.9 Å². The van der Waals surface area contributed by atoms with Gasteiger partial charge in [0.25, 0.3) is 5.56 Å². The second kappa shape index (κ2) is 11.2. The molecule has 0 spiro atoms. The lowest BCUT2D eigenvalue weighted by Gasteiger charge is -2.31. The highest BCUT2D eigenvalue weighted by Crippen LogP contribution is 2.46. The van der Waals surface area contributed by atoms with Crippen molar-refractivity contribution in [1.82, 2.24) is 9.55 Å². The summed E-state index contributed by atoms with van der Waals surface area (Å²) in [5.41, 5.74) is -2.55. The van der Waals surface area contributed by atoms with E-state index in [2.05, 4.69) is 20.6 Å². The molecule has 2 aliphatic heterocycles. The zero-order valence-corrected chi connectivity index (χ0v) is 22.5. The topological polar surface area (TPSA) is 200 Å².